The Morgan fingerprint density at radius 2 is 2.20 bits per heavy atom. The summed E-state index contributed by atoms with van der Waals surface area (Å²) in [7, 11) is 1.40. The summed E-state index contributed by atoms with van der Waals surface area (Å²) in [6.07, 6.45) is 3.00. The summed E-state index contributed by atoms with van der Waals surface area (Å²) in [4.78, 5) is 30.9. The van der Waals surface area contributed by atoms with Gasteiger partial charge in [0.05, 0.1) is 19.0 Å². The first-order valence-electron chi connectivity index (χ1n) is 7.13. The first-order valence-corrected chi connectivity index (χ1v) is 7.13. The average Bonchev–Trinajstić information content (AvgIpc) is 3.02. The van der Waals surface area contributed by atoms with Gasteiger partial charge in [-0.25, -0.2) is 14.5 Å². The van der Waals surface area contributed by atoms with Gasteiger partial charge in [0.15, 0.2) is 11.5 Å². The Hall–Kier alpha value is -3.53. The molecular weight excluding hydrogens is 328 g/mol. The van der Waals surface area contributed by atoms with E-state index < -0.39 is 18.4 Å². The number of aliphatic hydroxyl groups is 1. The van der Waals surface area contributed by atoms with E-state index in [0.717, 1.165) is 0 Å². The Bertz CT molecular complexity index is 968. The van der Waals surface area contributed by atoms with Crippen LogP contribution in [0.1, 0.15) is 10.4 Å². The quantitative estimate of drug-likeness (QED) is 0.583. The maximum absolute atomic E-state index is 11.5. The van der Waals surface area contributed by atoms with E-state index in [-0.39, 0.29) is 17.3 Å². The number of carbonyl (C=O) groups is 2. The minimum absolute atomic E-state index is 0.133. The Morgan fingerprint density at radius 1 is 1.40 bits per heavy atom. The van der Waals surface area contributed by atoms with Gasteiger partial charge in [0.25, 0.3) is 11.8 Å². The molecule has 0 atom stereocenters. The molecule has 0 spiro atoms. The molecule has 0 radical (unpaired) electrons. The number of aliphatic hydroxyl groups excluding tert-OH is 1. The SMILES string of the molecule is COc1ncc(-c2ccc3nc(NC(=O)CO)cn3n2)cc1C(N)=O. The Kier molecular flexibility index (Phi) is 4.27. The van der Waals surface area contributed by atoms with Gasteiger partial charge in [-0.3, -0.25) is 9.59 Å². The zero-order valence-electron chi connectivity index (χ0n) is 13.1. The Labute approximate surface area is 141 Å². The third-order valence-electron chi connectivity index (χ3n) is 3.34. The molecule has 10 nitrogen and oxygen atoms in total. The van der Waals surface area contributed by atoms with E-state index in [9.17, 15) is 9.59 Å². The molecule has 0 unspecified atom stereocenters. The summed E-state index contributed by atoms with van der Waals surface area (Å²) in [6, 6.07) is 4.91. The van der Waals surface area contributed by atoms with E-state index in [2.05, 4.69) is 20.4 Å². The van der Waals surface area contributed by atoms with E-state index in [0.29, 0.717) is 16.9 Å². The molecule has 2 amide bonds. The number of rotatable bonds is 5. The number of carbonyl (C=O) groups excluding carboxylic acids is 2. The second kappa shape index (κ2) is 6.53. The number of nitrogens with two attached hydrogens (primary N) is 1. The molecule has 0 aromatic carbocycles. The van der Waals surface area contributed by atoms with Gasteiger partial charge in [-0.15, -0.1) is 0 Å². The van der Waals surface area contributed by atoms with Crippen LogP contribution in [-0.4, -0.2) is 50.2 Å². The number of methoxy groups -OCH3 is 1. The van der Waals surface area contributed by atoms with Crippen LogP contribution in [0.15, 0.2) is 30.6 Å². The first kappa shape index (κ1) is 16.3. The molecule has 0 aliphatic rings. The lowest BCUT2D eigenvalue weighted by molar-refractivity contribution is -0.118. The lowest BCUT2D eigenvalue weighted by atomic mass is 10.1. The van der Waals surface area contributed by atoms with Crippen molar-refractivity contribution < 1.29 is 19.4 Å². The summed E-state index contributed by atoms with van der Waals surface area (Å²) < 4.78 is 6.47. The van der Waals surface area contributed by atoms with Crippen LogP contribution in [0.2, 0.25) is 0 Å². The molecule has 3 aromatic rings. The molecule has 25 heavy (non-hydrogen) atoms. The number of amides is 2. The third kappa shape index (κ3) is 3.23. The molecule has 3 heterocycles. The number of aromatic nitrogens is 4. The molecule has 0 bridgehead atoms. The number of nitrogens with zero attached hydrogens (tertiary/aromatic N) is 4. The number of ether oxygens (including phenoxy) is 1. The molecule has 0 aliphatic carbocycles. The molecule has 0 aliphatic heterocycles. The maximum atomic E-state index is 11.5. The lowest BCUT2D eigenvalue weighted by Gasteiger charge is -2.07. The summed E-state index contributed by atoms with van der Waals surface area (Å²) in [5, 5.41) is 15.6. The molecule has 0 fully saturated rings. The van der Waals surface area contributed by atoms with Crippen molar-refractivity contribution in [2.24, 2.45) is 5.73 Å². The minimum Gasteiger partial charge on any atom is -0.480 e. The standard InChI is InChI=1S/C15H14N6O4/c1-25-15-9(14(16)24)4-8(5-17-15)10-2-3-12-18-11(6-21(12)20-10)19-13(23)7-22/h2-6,22H,7H2,1H3,(H2,16,24)(H,19,23). The van der Waals surface area contributed by atoms with Crippen LogP contribution in [0.4, 0.5) is 5.82 Å². The highest BCUT2D eigenvalue weighted by Crippen LogP contribution is 2.23. The molecule has 10 heteroatoms. The van der Waals surface area contributed by atoms with Crippen molar-refractivity contribution in [2.45, 2.75) is 0 Å². The number of hydrogen-bond donors (Lipinski definition) is 3. The smallest absolute Gasteiger partial charge is 0.254 e. The fourth-order valence-electron chi connectivity index (χ4n) is 2.21. The van der Waals surface area contributed by atoms with Gasteiger partial charge in [-0.1, -0.05) is 0 Å². The summed E-state index contributed by atoms with van der Waals surface area (Å²) in [6.45, 7) is -0.639. The van der Waals surface area contributed by atoms with Gasteiger partial charge in [-0.05, 0) is 18.2 Å². The van der Waals surface area contributed by atoms with Gasteiger partial charge in [0, 0.05) is 11.8 Å². The van der Waals surface area contributed by atoms with Crippen molar-refractivity contribution in [3.8, 4) is 17.1 Å². The fourth-order valence-corrected chi connectivity index (χ4v) is 2.21. The van der Waals surface area contributed by atoms with Crippen LogP contribution >= 0.6 is 0 Å². The topological polar surface area (TPSA) is 145 Å². The normalized spacial score (nSPS) is 10.6. The third-order valence-corrected chi connectivity index (χ3v) is 3.34. The van der Waals surface area contributed by atoms with Gasteiger partial charge in [0.2, 0.25) is 5.88 Å². The van der Waals surface area contributed by atoms with Crippen LogP contribution in [0, 0.1) is 0 Å². The predicted molar refractivity (Wildman–Crippen MR) is 87.0 cm³/mol. The van der Waals surface area contributed by atoms with Crippen molar-refractivity contribution >= 4 is 23.3 Å². The lowest BCUT2D eigenvalue weighted by Crippen LogP contribution is -2.15. The molecule has 4 N–H and O–H groups in total. The number of primary amides is 1. The number of pyridine rings is 1. The monoisotopic (exact) mass is 342 g/mol. The second-order valence-electron chi connectivity index (χ2n) is 5.00. The molecule has 0 saturated carbocycles. The summed E-state index contributed by atoms with van der Waals surface area (Å²) >= 11 is 0. The first-order chi connectivity index (χ1) is 12.0. The Balaban J connectivity index is 2.00. The van der Waals surface area contributed by atoms with E-state index in [1.54, 1.807) is 12.1 Å². The van der Waals surface area contributed by atoms with Gasteiger partial charge >= 0.3 is 0 Å². The number of hydrogen-bond acceptors (Lipinski definition) is 7. The fraction of sp³-hybridized carbons (Fsp3) is 0.133. The van der Waals surface area contributed by atoms with E-state index >= 15 is 0 Å². The maximum Gasteiger partial charge on any atom is 0.254 e. The summed E-state index contributed by atoms with van der Waals surface area (Å²) in [5.41, 5.74) is 7.05. The Morgan fingerprint density at radius 3 is 2.88 bits per heavy atom. The van der Waals surface area contributed by atoms with Crippen LogP contribution in [-0.2, 0) is 4.79 Å². The van der Waals surface area contributed by atoms with Gasteiger partial charge < -0.3 is 20.9 Å². The van der Waals surface area contributed by atoms with Gasteiger partial charge in [0.1, 0.15) is 12.2 Å². The van der Waals surface area contributed by atoms with Crippen LogP contribution in [0.3, 0.4) is 0 Å². The highest BCUT2D eigenvalue weighted by molar-refractivity contribution is 5.96. The molecule has 0 saturated heterocycles. The second-order valence-corrected chi connectivity index (χ2v) is 5.00. The van der Waals surface area contributed by atoms with E-state index in [1.165, 1.54) is 30.1 Å². The van der Waals surface area contributed by atoms with Gasteiger partial charge in [-0.2, -0.15) is 5.10 Å². The molecule has 3 aromatic heterocycles. The van der Waals surface area contributed by atoms with Crippen molar-refractivity contribution in [1.29, 1.82) is 0 Å². The number of nitrogens with one attached hydrogen (secondary N) is 1. The number of imidazole rings is 1. The zero-order chi connectivity index (χ0) is 18.0. The van der Waals surface area contributed by atoms with Crippen molar-refractivity contribution in [3.63, 3.8) is 0 Å². The van der Waals surface area contributed by atoms with Crippen molar-refractivity contribution in [1.82, 2.24) is 19.6 Å². The van der Waals surface area contributed by atoms with E-state index in [4.69, 9.17) is 15.6 Å². The highest BCUT2D eigenvalue weighted by Gasteiger charge is 2.14. The van der Waals surface area contributed by atoms with Crippen molar-refractivity contribution in [3.05, 3.63) is 36.2 Å². The number of fused-ring (bicyclic) bond motifs is 1. The molecule has 3 rings (SSSR count). The van der Waals surface area contributed by atoms with Crippen LogP contribution < -0.4 is 15.8 Å². The number of anilines is 1. The highest BCUT2D eigenvalue weighted by atomic mass is 16.5. The zero-order valence-corrected chi connectivity index (χ0v) is 13.1. The largest absolute Gasteiger partial charge is 0.480 e. The minimum atomic E-state index is -0.663. The molecular formula is C15H14N6O4. The molecule has 128 valence electrons. The average molecular weight is 342 g/mol. The van der Waals surface area contributed by atoms with E-state index in [1.807, 2.05) is 0 Å². The van der Waals surface area contributed by atoms with Crippen molar-refractivity contribution in [2.75, 3.05) is 19.0 Å². The predicted octanol–water partition coefficient (Wildman–Crippen LogP) is -0.170. The summed E-state index contributed by atoms with van der Waals surface area (Å²) in [5.74, 6) is -0.846. The van der Waals surface area contributed by atoms with Crippen LogP contribution in [0.25, 0.3) is 16.9 Å². The van der Waals surface area contributed by atoms with Crippen LogP contribution in [0.5, 0.6) is 5.88 Å².